The number of amides is 1. The standard InChI is InChI=1S/C33H43FN8O2/c1-23(34)32(43)42-20-19-41(21-25(42)11-14-35)31-27-12-17-40(29-10-4-7-24-8-5-16-39(3)30(24)29)18-13-28(27)36-33(37-31)44-22-26-9-6-15-38(26)2/h4,7,10,25-26H,1,5-6,8-9,11-13,15-22H2,2-3H3/t25-,26-/m0/s1. The summed E-state index contributed by atoms with van der Waals surface area (Å²) >= 11 is 0. The molecule has 1 amide bonds. The number of anilines is 3. The van der Waals surface area contributed by atoms with E-state index in [-0.39, 0.29) is 13.0 Å². The van der Waals surface area contributed by atoms with Crippen LogP contribution in [0.1, 0.15) is 42.5 Å². The van der Waals surface area contributed by atoms with E-state index in [9.17, 15) is 14.4 Å². The number of aromatic nitrogens is 2. The molecule has 6 rings (SSSR count). The van der Waals surface area contributed by atoms with Crippen LogP contribution >= 0.6 is 0 Å². The fourth-order valence-electron chi connectivity index (χ4n) is 7.33. The number of carbonyl (C=O) groups is 1. The number of halogens is 1. The molecule has 0 saturated carbocycles. The molecule has 0 bridgehead atoms. The van der Waals surface area contributed by atoms with E-state index in [4.69, 9.17) is 14.7 Å². The maximum Gasteiger partial charge on any atom is 0.318 e. The molecule has 4 aliphatic heterocycles. The molecule has 2 saturated heterocycles. The smallest absolute Gasteiger partial charge is 0.318 e. The van der Waals surface area contributed by atoms with Crippen molar-refractivity contribution in [3.05, 3.63) is 47.4 Å². The topological polar surface area (TPSA) is 92.1 Å². The second kappa shape index (κ2) is 13.0. The van der Waals surface area contributed by atoms with Crippen molar-refractivity contribution in [1.29, 1.82) is 5.26 Å². The minimum atomic E-state index is -1.00. The maximum atomic E-state index is 13.9. The van der Waals surface area contributed by atoms with E-state index in [1.165, 1.54) is 28.3 Å². The van der Waals surface area contributed by atoms with Gasteiger partial charge in [-0.3, -0.25) is 4.79 Å². The number of piperazine rings is 1. The second-order valence-electron chi connectivity index (χ2n) is 12.5. The largest absolute Gasteiger partial charge is 0.462 e. The van der Waals surface area contributed by atoms with Gasteiger partial charge < -0.3 is 29.2 Å². The van der Waals surface area contributed by atoms with Gasteiger partial charge in [0.25, 0.3) is 5.91 Å². The van der Waals surface area contributed by atoms with E-state index in [2.05, 4.69) is 64.5 Å². The van der Waals surface area contributed by atoms with Crippen LogP contribution in [-0.4, -0.2) is 104 Å². The first-order chi connectivity index (χ1) is 21.3. The Kier molecular flexibility index (Phi) is 8.89. The van der Waals surface area contributed by atoms with Gasteiger partial charge in [-0.2, -0.15) is 15.2 Å². The van der Waals surface area contributed by atoms with Crippen LogP contribution in [0.15, 0.2) is 30.6 Å². The Morgan fingerprint density at radius 3 is 2.66 bits per heavy atom. The Morgan fingerprint density at radius 1 is 1.05 bits per heavy atom. The van der Waals surface area contributed by atoms with Crippen LogP contribution in [0.5, 0.6) is 6.01 Å². The fourth-order valence-corrected chi connectivity index (χ4v) is 7.33. The zero-order chi connectivity index (χ0) is 30.8. The number of likely N-dealkylation sites (N-methyl/N-ethyl adjacent to an activating group) is 1. The van der Waals surface area contributed by atoms with E-state index >= 15 is 0 Å². The van der Waals surface area contributed by atoms with Crippen molar-refractivity contribution in [2.45, 2.75) is 57.0 Å². The molecule has 0 N–H and O–H groups in total. The zero-order valence-corrected chi connectivity index (χ0v) is 26.0. The summed E-state index contributed by atoms with van der Waals surface area (Å²) in [6.07, 6.45) is 6.12. The number of hydrogen-bond donors (Lipinski definition) is 0. The van der Waals surface area contributed by atoms with Crippen molar-refractivity contribution in [1.82, 2.24) is 19.8 Å². The Bertz CT molecular complexity index is 1440. The molecule has 10 nitrogen and oxygen atoms in total. The number of rotatable bonds is 7. The van der Waals surface area contributed by atoms with E-state index < -0.39 is 17.8 Å². The predicted molar refractivity (Wildman–Crippen MR) is 169 cm³/mol. The Labute approximate surface area is 259 Å². The molecular formula is C33H43FN8O2. The first-order valence-electron chi connectivity index (χ1n) is 15.9. The predicted octanol–water partition coefficient (Wildman–Crippen LogP) is 3.35. The number of fused-ring (bicyclic) bond motifs is 2. The molecule has 11 heteroatoms. The summed E-state index contributed by atoms with van der Waals surface area (Å²) in [5, 5.41) is 9.54. The van der Waals surface area contributed by atoms with Crippen molar-refractivity contribution in [2.24, 2.45) is 0 Å². The molecule has 2 atom stereocenters. The molecule has 0 unspecified atom stereocenters. The van der Waals surface area contributed by atoms with Crippen LogP contribution < -0.4 is 19.4 Å². The van der Waals surface area contributed by atoms with Crippen molar-refractivity contribution in [3.63, 3.8) is 0 Å². The Hall–Kier alpha value is -3.91. The van der Waals surface area contributed by atoms with Gasteiger partial charge in [-0.05, 0) is 57.3 Å². The van der Waals surface area contributed by atoms with Crippen LogP contribution in [0.3, 0.4) is 0 Å². The molecule has 0 aliphatic carbocycles. The Morgan fingerprint density at radius 2 is 1.89 bits per heavy atom. The molecule has 0 radical (unpaired) electrons. The summed E-state index contributed by atoms with van der Waals surface area (Å²) in [6.45, 7) is 8.63. The van der Waals surface area contributed by atoms with Gasteiger partial charge in [0, 0.05) is 64.3 Å². The van der Waals surface area contributed by atoms with Crippen molar-refractivity contribution in [3.8, 4) is 12.1 Å². The van der Waals surface area contributed by atoms with Crippen LogP contribution in [0, 0.1) is 11.3 Å². The molecular weight excluding hydrogens is 559 g/mol. The van der Waals surface area contributed by atoms with Gasteiger partial charge in [0.2, 0.25) is 0 Å². The van der Waals surface area contributed by atoms with Gasteiger partial charge >= 0.3 is 6.01 Å². The van der Waals surface area contributed by atoms with Gasteiger partial charge in [-0.15, -0.1) is 0 Å². The molecule has 5 heterocycles. The van der Waals surface area contributed by atoms with Crippen molar-refractivity contribution < 1.29 is 13.9 Å². The SMILES string of the molecule is C=C(F)C(=O)N1CCN(c2nc(OC[C@@H]3CCCN3C)nc3c2CCN(c2cccc4c2N(C)CCC4)CC3)C[C@@H]1CC#N. The van der Waals surface area contributed by atoms with Crippen LogP contribution in [0.2, 0.25) is 0 Å². The normalized spacial score (nSPS) is 22.2. The highest BCUT2D eigenvalue weighted by atomic mass is 19.1. The van der Waals surface area contributed by atoms with Gasteiger partial charge in [-0.25, -0.2) is 4.39 Å². The lowest BCUT2D eigenvalue weighted by molar-refractivity contribution is -0.131. The van der Waals surface area contributed by atoms with Gasteiger partial charge in [-0.1, -0.05) is 18.7 Å². The molecule has 234 valence electrons. The molecule has 2 aromatic rings. The number of hydrogen-bond acceptors (Lipinski definition) is 9. The van der Waals surface area contributed by atoms with Gasteiger partial charge in [0.1, 0.15) is 12.4 Å². The number of ether oxygens (including phenoxy) is 1. The first kappa shape index (κ1) is 30.1. The summed E-state index contributed by atoms with van der Waals surface area (Å²) in [5.74, 6) is -0.949. The average Bonchev–Trinajstić information content (AvgIpc) is 3.31. The minimum absolute atomic E-state index is 0.0978. The molecule has 1 aromatic carbocycles. The van der Waals surface area contributed by atoms with E-state index in [1.807, 2.05) is 0 Å². The first-order valence-corrected chi connectivity index (χ1v) is 15.9. The third-order valence-corrected chi connectivity index (χ3v) is 9.74. The fraction of sp³-hybridized carbons (Fsp3) is 0.576. The third-order valence-electron chi connectivity index (χ3n) is 9.74. The summed E-state index contributed by atoms with van der Waals surface area (Å²) in [4.78, 5) is 33.3. The maximum absolute atomic E-state index is 13.9. The molecule has 44 heavy (non-hydrogen) atoms. The number of likely N-dealkylation sites (tertiary alicyclic amines) is 1. The Balaban J connectivity index is 1.30. The molecule has 1 aromatic heterocycles. The van der Waals surface area contributed by atoms with Gasteiger partial charge in [0.05, 0.1) is 35.6 Å². The van der Waals surface area contributed by atoms with Gasteiger partial charge in [0.15, 0.2) is 5.83 Å². The van der Waals surface area contributed by atoms with E-state index in [1.54, 1.807) is 0 Å². The summed E-state index contributed by atoms with van der Waals surface area (Å²) < 4.78 is 20.1. The highest BCUT2D eigenvalue weighted by molar-refractivity contribution is 5.91. The lowest BCUT2D eigenvalue weighted by Crippen LogP contribution is -2.55. The van der Waals surface area contributed by atoms with Crippen LogP contribution in [0.4, 0.5) is 21.6 Å². The lowest BCUT2D eigenvalue weighted by Gasteiger charge is -2.41. The number of benzene rings is 1. The van der Waals surface area contributed by atoms with Crippen molar-refractivity contribution >= 4 is 23.1 Å². The van der Waals surface area contributed by atoms with Crippen molar-refractivity contribution in [2.75, 3.05) is 81.2 Å². The number of para-hydroxylation sites is 1. The summed E-state index contributed by atoms with van der Waals surface area (Å²) in [5.41, 5.74) is 6.06. The van der Waals surface area contributed by atoms with E-state index in [0.717, 1.165) is 75.4 Å². The summed E-state index contributed by atoms with van der Waals surface area (Å²) in [7, 11) is 4.31. The number of nitriles is 1. The second-order valence-corrected chi connectivity index (χ2v) is 12.5. The number of aryl methyl sites for hydroxylation is 1. The molecule has 0 spiro atoms. The lowest BCUT2D eigenvalue weighted by atomic mass is 10.00. The molecule has 4 aliphatic rings. The summed E-state index contributed by atoms with van der Waals surface area (Å²) in [6, 6.07) is 9.07. The molecule has 2 fully saturated rings. The minimum Gasteiger partial charge on any atom is -0.462 e. The third kappa shape index (κ3) is 6.05. The quantitative estimate of drug-likeness (QED) is 0.443. The van der Waals surface area contributed by atoms with Crippen LogP contribution in [0.25, 0.3) is 0 Å². The number of nitrogens with zero attached hydrogens (tertiary/aromatic N) is 8. The average molecular weight is 603 g/mol. The van der Waals surface area contributed by atoms with Crippen LogP contribution in [-0.2, 0) is 24.1 Å². The monoisotopic (exact) mass is 602 g/mol. The number of carbonyl (C=O) groups excluding carboxylic acids is 1. The highest BCUT2D eigenvalue weighted by Crippen LogP contribution is 2.38. The zero-order valence-electron chi connectivity index (χ0n) is 26.0. The van der Waals surface area contributed by atoms with E-state index in [0.29, 0.717) is 31.7 Å². The highest BCUT2D eigenvalue weighted by Gasteiger charge is 2.35.